The molecule has 0 aliphatic rings. The van der Waals surface area contributed by atoms with Crippen molar-refractivity contribution in [3.63, 3.8) is 0 Å². The molecule has 5 heteroatoms. The normalized spacial score (nSPS) is 11.9. The zero-order valence-electron chi connectivity index (χ0n) is 11.1. The third-order valence-electron chi connectivity index (χ3n) is 2.22. The molecule has 0 aliphatic heterocycles. The highest BCUT2D eigenvalue weighted by Gasteiger charge is 2.11. The van der Waals surface area contributed by atoms with Crippen molar-refractivity contribution >= 4 is 10.0 Å². The molecule has 0 N–H and O–H groups in total. The van der Waals surface area contributed by atoms with Crippen LogP contribution in [-0.4, -0.2) is 57.1 Å². The highest BCUT2D eigenvalue weighted by molar-refractivity contribution is 7.88. The van der Waals surface area contributed by atoms with Crippen LogP contribution in [-0.2, 0) is 10.0 Å². The lowest BCUT2D eigenvalue weighted by Crippen LogP contribution is -2.36. The molecule has 0 aromatic carbocycles. The maximum absolute atomic E-state index is 11.0. The Bertz CT molecular complexity index is 238. The van der Waals surface area contributed by atoms with Crippen LogP contribution < -0.4 is 0 Å². The fourth-order valence-corrected chi connectivity index (χ4v) is 1.14. The average Bonchev–Trinajstić information content (AvgIpc) is 2.15. The van der Waals surface area contributed by atoms with Crippen LogP contribution in [0.1, 0.15) is 27.7 Å². The molecule has 15 heavy (non-hydrogen) atoms. The van der Waals surface area contributed by atoms with E-state index in [0.717, 1.165) is 6.54 Å². The first-order valence-corrected chi connectivity index (χ1v) is 7.21. The zero-order chi connectivity index (χ0) is 12.6. The lowest BCUT2D eigenvalue weighted by Gasteiger charge is -2.23. The summed E-state index contributed by atoms with van der Waals surface area (Å²) in [6.07, 6.45) is 1.22. The molecule has 0 amide bonds. The van der Waals surface area contributed by atoms with E-state index in [0.29, 0.717) is 12.6 Å². The van der Waals surface area contributed by atoms with Crippen molar-refractivity contribution in [3.8, 4) is 0 Å². The van der Waals surface area contributed by atoms with Gasteiger partial charge in [-0.05, 0) is 20.9 Å². The minimum absolute atomic E-state index is 0.452. The molecule has 0 radical (unpaired) electrons. The van der Waals surface area contributed by atoms with E-state index < -0.39 is 10.0 Å². The fraction of sp³-hybridized carbons (Fsp3) is 1.00. The molecule has 0 fully saturated rings. The molecule has 94 valence electrons. The number of nitrogens with zero attached hydrogens (tertiary/aromatic N) is 2. The van der Waals surface area contributed by atoms with Crippen molar-refractivity contribution < 1.29 is 8.42 Å². The number of hydrogen-bond acceptors (Lipinski definition) is 3. The Morgan fingerprint density at radius 2 is 1.47 bits per heavy atom. The molecule has 0 heterocycles. The third-order valence-corrected chi connectivity index (χ3v) is 3.53. The van der Waals surface area contributed by atoms with Gasteiger partial charge in [-0.1, -0.05) is 13.8 Å². The first-order chi connectivity index (χ1) is 6.75. The van der Waals surface area contributed by atoms with Gasteiger partial charge in [0.2, 0.25) is 10.0 Å². The Morgan fingerprint density at radius 1 is 1.07 bits per heavy atom. The summed E-state index contributed by atoms with van der Waals surface area (Å²) in [6, 6.07) is 0.452. The standard InChI is InChI=1S/C8H20N2O2S.C2H6/c1-8(2)9(3)6-7-10(4)13(5,11)12;1-2/h8H,6-7H2,1-5H3;1-2H3. The van der Waals surface area contributed by atoms with Crippen LogP contribution in [0.2, 0.25) is 0 Å². The van der Waals surface area contributed by atoms with E-state index in [1.807, 2.05) is 20.9 Å². The summed E-state index contributed by atoms with van der Waals surface area (Å²) in [6.45, 7) is 9.48. The van der Waals surface area contributed by atoms with E-state index in [9.17, 15) is 8.42 Å². The third kappa shape index (κ3) is 8.84. The van der Waals surface area contributed by atoms with E-state index in [4.69, 9.17) is 0 Å². The molecule has 0 saturated carbocycles. The summed E-state index contributed by atoms with van der Waals surface area (Å²) >= 11 is 0. The van der Waals surface area contributed by atoms with Gasteiger partial charge < -0.3 is 4.90 Å². The second kappa shape index (κ2) is 8.07. The van der Waals surface area contributed by atoms with Gasteiger partial charge in [-0.2, -0.15) is 0 Å². The van der Waals surface area contributed by atoms with Crippen molar-refractivity contribution in [2.75, 3.05) is 33.4 Å². The van der Waals surface area contributed by atoms with E-state index in [1.54, 1.807) is 7.05 Å². The Balaban J connectivity index is 0. The molecule has 0 rings (SSSR count). The molecule has 0 aromatic heterocycles. The first kappa shape index (κ1) is 17.3. The molecule has 0 aliphatic carbocycles. The molecule has 0 atom stereocenters. The highest BCUT2D eigenvalue weighted by Crippen LogP contribution is 1.96. The summed E-state index contributed by atoms with van der Waals surface area (Å²) in [5.74, 6) is 0. The Hall–Kier alpha value is -0.130. The van der Waals surface area contributed by atoms with Crippen LogP contribution >= 0.6 is 0 Å². The number of likely N-dealkylation sites (N-methyl/N-ethyl adjacent to an activating group) is 2. The van der Waals surface area contributed by atoms with Gasteiger partial charge in [-0.15, -0.1) is 0 Å². The predicted octanol–water partition coefficient (Wildman–Crippen LogP) is 1.24. The predicted molar refractivity (Wildman–Crippen MR) is 66.6 cm³/mol. The van der Waals surface area contributed by atoms with Crippen LogP contribution in [0.25, 0.3) is 0 Å². The van der Waals surface area contributed by atoms with E-state index in [1.165, 1.54) is 10.6 Å². The Kier molecular flexibility index (Phi) is 9.29. The van der Waals surface area contributed by atoms with Crippen molar-refractivity contribution in [1.29, 1.82) is 0 Å². The highest BCUT2D eigenvalue weighted by atomic mass is 32.2. The molecule has 0 bridgehead atoms. The first-order valence-electron chi connectivity index (χ1n) is 5.36. The van der Waals surface area contributed by atoms with Gasteiger partial charge >= 0.3 is 0 Å². The van der Waals surface area contributed by atoms with E-state index >= 15 is 0 Å². The maximum Gasteiger partial charge on any atom is 0.210 e. The summed E-state index contributed by atoms with van der Waals surface area (Å²) in [5.41, 5.74) is 0. The molecule has 0 aromatic rings. The van der Waals surface area contributed by atoms with Crippen molar-refractivity contribution in [2.45, 2.75) is 33.7 Å². The van der Waals surface area contributed by atoms with Crippen molar-refractivity contribution in [1.82, 2.24) is 9.21 Å². The minimum atomic E-state index is -3.02. The minimum Gasteiger partial charge on any atom is -0.303 e. The molecular weight excluding hydrogens is 212 g/mol. The van der Waals surface area contributed by atoms with E-state index in [-0.39, 0.29) is 0 Å². The Morgan fingerprint density at radius 3 is 1.73 bits per heavy atom. The molecule has 0 saturated heterocycles. The van der Waals surface area contributed by atoms with Gasteiger partial charge in [0.05, 0.1) is 6.26 Å². The second-order valence-electron chi connectivity index (χ2n) is 3.66. The van der Waals surface area contributed by atoms with Crippen molar-refractivity contribution in [3.05, 3.63) is 0 Å². The van der Waals surface area contributed by atoms with Gasteiger partial charge in [0.25, 0.3) is 0 Å². The Labute approximate surface area is 95.3 Å². The monoisotopic (exact) mass is 238 g/mol. The van der Waals surface area contributed by atoms with Crippen molar-refractivity contribution in [2.24, 2.45) is 0 Å². The van der Waals surface area contributed by atoms with E-state index in [2.05, 4.69) is 18.7 Å². The summed E-state index contributed by atoms with van der Waals surface area (Å²) in [7, 11) is 0.570. The van der Waals surface area contributed by atoms with Crippen LogP contribution in [0.3, 0.4) is 0 Å². The van der Waals surface area contributed by atoms with Crippen LogP contribution in [0.4, 0.5) is 0 Å². The number of rotatable bonds is 5. The number of hydrogen-bond donors (Lipinski definition) is 0. The van der Waals surface area contributed by atoms with Gasteiger partial charge in [-0.25, -0.2) is 12.7 Å². The smallest absolute Gasteiger partial charge is 0.210 e. The fourth-order valence-electron chi connectivity index (χ4n) is 0.723. The second-order valence-corrected chi connectivity index (χ2v) is 5.75. The van der Waals surface area contributed by atoms with Crippen LogP contribution in [0.5, 0.6) is 0 Å². The van der Waals surface area contributed by atoms with Gasteiger partial charge in [0, 0.05) is 26.2 Å². The number of sulfonamides is 1. The molecule has 4 nitrogen and oxygen atoms in total. The largest absolute Gasteiger partial charge is 0.303 e. The quantitative estimate of drug-likeness (QED) is 0.723. The SMILES string of the molecule is CC.CC(C)N(C)CCN(C)S(C)(=O)=O. The summed E-state index contributed by atoms with van der Waals surface area (Å²) in [5, 5.41) is 0. The zero-order valence-corrected chi connectivity index (χ0v) is 11.9. The lowest BCUT2D eigenvalue weighted by atomic mass is 10.3. The van der Waals surface area contributed by atoms with Gasteiger partial charge in [0.1, 0.15) is 0 Å². The molecule has 0 unspecified atom stereocenters. The lowest BCUT2D eigenvalue weighted by molar-refractivity contribution is 0.258. The molecule has 0 spiro atoms. The van der Waals surface area contributed by atoms with Gasteiger partial charge in [0.15, 0.2) is 0 Å². The maximum atomic E-state index is 11.0. The van der Waals surface area contributed by atoms with Gasteiger partial charge in [-0.3, -0.25) is 0 Å². The van der Waals surface area contributed by atoms with Crippen LogP contribution in [0, 0.1) is 0 Å². The average molecular weight is 238 g/mol. The molecular formula is C10H26N2O2S. The topological polar surface area (TPSA) is 40.6 Å². The summed E-state index contributed by atoms with van der Waals surface area (Å²) < 4.78 is 23.4. The van der Waals surface area contributed by atoms with Crippen LogP contribution in [0.15, 0.2) is 0 Å². The summed E-state index contributed by atoms with van der Waals surface area (Å²) in [4.78, 5) is 2.11.